The maximum atomic E-state index is 13.0. The van der Waals surface area contributed by atoms with Gasteiger partial charge in [-0.2, -0.15) is 15.1 Å². The second kappa shape index (κ2) is 13.7. The van der Waals surface area contributed by atoms with Crippen molar-refractivity contribution in [3.05, 3.63) is 54.1 Å². The van der Waals surface area contributed by atoms with Crippen LogP contribution in [-0.2, 0) is 7.05 Å². The summed E-state index contributed by atoms with van der Waals surface area (Å²) >= 11 is 0. The van der Waals surface area contributed by atoms with E-state index in [1.54, 1.807) is 40.6 Å². The standard InChI is InChI=1S/C20H26N8O2.C10H15N5/c1-4-27(5-2)20-24-16-7-6-14(12-28(16)25-20)23-19(30)17-15(11-22-26(17)3)18(29)13-8-9-21-10-13;1-3-14(4-2)10-12-9-6-5-8(11)7-15(9)13-10/h6-7,11-13,21H,4-5,8-10H2,1-3H3,(H,23,30);5-7H,3-4,11H2,1-2H3. The molecule has 4 N–H and O–H groups in total. The lowest BCUT2D eigenvalue weighted by molar-refractivity contribution is 0.0918. The van der Waals surface area contributed by atoms with Gasteiger partial charge in [-0.3, -0.25) is 14.3 Å². The molecule has 15 heteroatoms. The zero-order chi connectivity index (χ0) is 32.1. The molecule has 0 bridgehead atoms. The number of nitrogen functional groups attached to an aromatic ring is 1. The highest BCUT2D eigenvalue weighted by Gasteiger charge is 2.29. The molecular formula is C30H41N13O2. The van der Waals surface area contributed by atoms with Gasteiger partial charge in [0.1, 0.15) is 5.69 Å². The number of hydrogen-bond donors (Lipinski definition) is 3. The van der Waals surface area contributed by atoms with Crippen LogP contribution < -0.4 is 26.2 Å². The molecule has 0 spiro atoms. The summed E-state index contributed by atoms with van der Waals surface area (Å²) in [5, 5.41) is 19.1. The minimum absolute atomic E-state index is 0.0474. The van der Waals surface area contributed by atoms with Gasteiger partial charge in [0.05, 0.1) is 35.5 Å². The van der Waals surface area contributed by atoms with Gasteiger partial charge in [-0.15, -0.1) is 10.2 Å². The fourth-order valence-electron chi connectivity index (χ4n) is 5.29. The van der Waals surface area contributed by atoms with Crippen LogP contribution in [0.5, 0.6) is 0 Å². The van der Waals surface area contributed by atoms with Crippen LogP contribution >= 0.6 is 0 Å². The number of hydrogen-bond acceptors (Lipinski definition) is 11. The number of amides is 1. The minimum atomic E-state index is -0.382. The first kappa shape index (κ1) is 31.4. The Bertz CT molecular complexity index is 1780. The van der Waals surface area contributed by atoms with Crippen LogP contribution in [0.15, 0.2) is 42.9 Å². The molecule has 0 radical (unpaired) electrons. The van der Waals surface area contributed by atoms with E-state index < -0.39 is 0 Å². The smallest absolute Gasteiger partial charge is 0.274 e. The van der Waals surface area contributed by atoms with Crippen LogP contribution in [0.3, 0.4) is 0 Å². The summed E-state index contributed by atoms with van der Waals surface area (Å²) in [5.41, 5.74) is 9.06. The van der Waals surface area contributed by atoms with Crippen molar-refractivity contribution >= 4 is 46.3 Å². The normalized spacial score (nSPS) is 14.4. The molecule has 0 saturated carbocycles. The van der Waals surface area contributed by atoms with Crippen LogP contribution in [-0.4, -0.2) is 89.9 Å². The van der Waals surface area contributed by atoms with Crippen molar-refractivity contribution in [2.75, 3.05) is 60.1 Å². The molecule has 1 fully saturated rings. The first-order valence-corrected chi connectivity index (χ1v) is 15.3. The zero-order valence-electron chi connectivity index (χ0n) is 26.4. The van der Waals surface area contributed by atoms with E-state index in [9.17, 15) is 9.59 Å². The van der Waals surface area contributed by atoms with Crippen LogP contribution in [0, 0.1) is 5.92 Å². The average molecular weight is 616 g/mol. The van der Waals surface area contributed by atoms with Gasteiger partial charge in [-0.05, 0) is 64.9 Å². The van der Waals surface area contributed by atoms with Gasteiger partial charge in [-0.25, -0.2) is 9.03 Å². The Balaban J connectivity index is 0.000000223. The Kier molecular flexibility index (Phi) is 9.56. The molecule has 1 saturated heterocycles. The molecule has 45 heavy (non-hydrogen) atoms. The van der Waals surface area contributed by atoms with Gasteiger partial charge in [0.2, 0.25) is 11.9 Å². The van der Waals surface area contributed by atoms with E-state index >= 15 is 0 Å². The van der Waals surface area contributed by atoms with Crippen molar-refractivity contribution < 1.29 is 9.59 Å². The van der Waals surface area contributed by atoms with Crippen molar-refractivity contribution in [3.63, 3.8) is 0 Å². The van der Waals surface area contributed by atoms with E-state index in [0.29, 0.717) is 35.1 Å². The lowest BCUT2D eigenvalue weighted by Crippen LogP contribution is -2.23. The molecule has 5 aromatic rings. The highest BCUT2D eigenvalue weighted by molar-refractivity contribution is 6.12. The highest BCUT2D eigenvalue weighted by atomic mass is 16.2. The number of nitrogens with zero attached hydrogens (tertiary/aromatic N) is 10. The number of carbonyl (C=O) groups excluding carboxylic acids is 2. The summed E-state index contributed by atoms with van der Waals surface area (Å²) in [7, 11) is 1.66. The molecule has 6 heterocycles. The number of pyridine rings is 2. The predicted molar refractivity (Wildman–Crippen MR) is 174 cm³/mol. The number of rotatable bonds is 10. The Hall–Kier alpha value is -5.05. The van der Waals surface area contributed by atoms with E-state index in [1.807, 2.05) is 12.1 Å². The number of anilines is 4. The van der Waals surface area contributed by atoms with Gasteiger partial charge in [0.25, 0.3) is 5.91 Å². The zero-order valence-corrected chi connectivity index (χ0v) is 26.4. The summed E-state index contributed by atoms with van der Waals surface area (Å²) in [6, 6.07) is 7.27. The maximum absolute atomic E-state index is 13.0. The largest absolute Gasteiger partial charge is 0.397 e. The van der Waals surface area contributed by atoms with Crippen molar-refractivity contribution in [2.45, 2.75) is 34.1 Å². The molecule has 15 nitrogen and oxygen atoms in total. The molecular weight excluding hydrogens is 574 g/mol. The third kappa shape index (κ3) is 6.72. The summed E-state index contributed by atoms with van der Waals surface area (Å²) in [4.78, 5) is 38.9. The number of Topliss-reactive ketones (excluding diaryl/α,β-unsaturated/α-hetero) is 1. The van der Waals surface area contributed by atoms with Crippen molar-refractivity contribution in [3.8, 4) is 0 Å². The molecule has 1 unspecified atom stereocenters. The van der Waals surface area contributed by atoms with Crippen LogP contribution in [0.2, 0.25) is 0 Å². The molecule has 5 aromatic heterocycles. The molecule has 0 aromatic carbocycles. The SMILES string of the molecule is CCN(CC)c1nc2ccc(N)cn2n1.CCN(CC)c1nc2ccc(NC(=O)c3c(C(=O)C4CCNC4)cnn3C)cn2n1. The monoisotopic (exact) mass is 615 g/mol. The third-order valence-electron chi connectivity index (χ3n) is 7.86. The number of ketones is 1. The number of aromatic nitrogens is 8. The highest BCUT2D eigenvalue weighted by Crippen LogP contribution is 2.20. The quantitative estimate of drug-likeness (QED) is 0.197. The summed E-state index contributed by atoms with van der Waals surface area (Å²) in [5.74, 6) is 0.853. The molecule has 0 aliphatic carbocycles. The van der Waals surface area contributed by atoms with E-state index in [4.69, 9.17) is 5.73 Å². The second-order valence-corrected chi connectivity index (χ2v) is 10.7. The van der Waals surface area contributed by atoms with Gasteiger partial charge >= 0.3 is 0 Å². The Morgan fingerprint density at radius 1 is 0.933 bits per heavy atom. The summed E-state index contributed by atoms with van der Waals surface area (Å²) < 4.78 is 4.79. The summed E-state index contributed by atoms with van der Waals surface area (Å²) in [6.07, 6.45) is 5.74. The Labute approximate surface area is 261 Å². The molecule has 6 rings (SSSR count). The lowest BCUT2D eigenvalue weighted by atomic mass is 9.97. The first-order valence-electron chi connectivity index (χ1n) is 15.3. The topological polar surface area (TPSA) is 169 Å². The van der Waals surface area contributed by atoms with Gasteiger partial charge in [0.15, 0.2) is 17.1 Å². The van der Waals surface area contributed by atoms with Crippen LogP contribution in [0.1, 0.15) is 55.0 Å². The van der Waals surface area contributed by atoms with Crippen molar-refractivity contribution in [1.82, 2.24) is 44.3 Å². The molecule has 1 amide bonds. The number of nitrogens with two attached hydrogens (primary N) is 1. The molecule has 1 aliphatic rings. The second-order valence-electron chi connectivity index (χ2n) is 10.7. The van der Waals surface area contributed by atoms with Crippen molar-refractivity contribution in [2.24, 2.45) is 13.0 Å². The predicted octanol–water partition coefficient (Wildman–Crippen LogP) is 2.51. The van der Waals surface area contributed by atoms with Crippen LogP contribution in [0.25, 0.3) is 11.3 Å². The van der Waals surface area contributed by atoms with Gasteiger partial charge in [0, 0.05) is 45.7 Å². The third-order valence-corrected chi connectivity index (χ3v) is 7.86. The lowest BCUT2D eigenvalue weighted by Gasteiger charge is -2.14. The fourth-order valence-corrected chi connectivity index (χ4v) is 5.29. The van der Waals surface area contributed by atoms with E-state index in [1.165, 1.54) is 10.9 Å². The number of aryl methyl sites for hydroxylation is 1. The number of fused-ring (bicyclic) bond motifs is 2. The van der Waals surface area contributed by atoms with Gasteiger partial charge in [-0.1, -0.05) is 0 Å². The van der Waals surface area contributed by atoms with Crippen molar-refractivity contribution in [1.29, 1.82) is 0 Å². The number of nitrogens with one attached hydrogen (secondary N) is 2. The molecule has 1 atom stereocenters. The number of carbonyl (C=O) groups is 2. The van der Waals surface area contributed by atoms with Crippen LogP contribution in [0.4, 0.5) is 23.3 Å². The fraction of sp³-hybridized carbons (Fsp3) is 0.433. The van der Waals surface area contributed by atoms with E-state index in [0.717, 1.165) is 50.7 Å². The van der Waals surface area contributed by atoms with E-state index in [-0.39, 0.29) is 23.3 Å². The first-order chi connectivity index (χ1) is 21.8. The summed E-state index contributed by atoms with van der Waals surface area (Å²) in [6.45, 7) is 13.1. The van der Waals surface area contributed by atoms with E-state index in [2.05, 4.69) is 73.4 Å². The molecule has 1 aliphatic heterocycles. The molecule has 238 valence electrons. The minimum Gasteiger partial charge on any atom is -0.397 e. The van der Waals surface area contributed by atoms with Gasteiger partial charge < -0.3 is 26.2 Å². The average Bonchev–Trinajstić information content (AvgIpc) is 3.84. The Morgan fingerprint density at radius 3 is 2.11 bits per heavy atom. The Morgan fingerprint density at radius 2 is 1.53 bits per heavy atom. The maximum Gasteiger partial charge on any atom is 0.274 e.